The second kappa shape index (κ2) is 14.8. The number of benzene rings is 2. The summed E-state index contributed by atoms with van der Waals surface area (Å²) in [6.45, 7) is 13.2. The minimum atomic E-state index is -0.782. The Hall–Kier alpha value is -2.52. The average molecular weight is 786 g/mol. The highest BCUT2D eigenvalue weighted by atomic mass is 79.9. The molecule has 0 saturated heterocycles. The van der Waals surface area contributed by atoms with Crippen LogP contribution in [0.15, 0.2) is 80.9 Å². The Bertz CT molecular complexity index is 1650. The summed E-state index contributed by atoms with van der Waals surface area (Å²) in [5, 5.41) is 9.69. The molecule has 2 aromatic rings. The maximum Gasteiger partial charge on any atom is 0.303 e. The number of nitrogens with zero attached hydrogens (tertiary/aromatic N) is 4. The fourth-order valence-corrected chi connectivity index (χ4v) is 7.75. The van der Waals surface area contributed by atoms with Gasteiger partial charge in [-0.25, -0.2) is 0 Å². The monoisotopic (exact) mass is 783 g/mol. The molecule has 48 heavy (non-hydrogen) atoms. The fraction of sp³-hybridized carbons (Fsp3) is 0.500. The van der Waals surface area contributed by atoms with E-state index in [-0.39, 0.29) is 17.3 Å². The largest absolute Gasteiger partial charge is 0.481 e. The van der Waals surface area contributed by atoms with Crippen molar-refractivity contribution >= 4 is 54.9 Å². The van der Waals surface area contributed by atoms with Crippen LogP contribution in [-0.4, -0.2) is 98.8 Å². The number of carboxylic acid groups (broad SMARTS) is 1. The number of anilines is 1. The summed E-state index contributed by atoms with van der Waals surface area (Å²) in [6, 6.07) is 13.2. The summed E-state index contributed by atoms with van der Waals surface area (Å²) in [4.78, 5) is 14.3. The van der Waals surface area contributed by atoms with E-state index in [2.05, 4.69) is 172 Å². The summed E-state index contributed by atoms with van der Waals surface area (Å²) in [5.74, 6) is -0.782. The second-order valence-corrected chi connectivity index (χ2v) is 18.3. The van der Waals surface area contributed by atoms with E-state index in [1.54, 1.807) is 0 Å². The third kappa shape index (κ3) is 9.17. The number of allylic oxidation sites excluding steroid dienone is 6. The first kappa shape index (κ1) is 38.3. The van der Waals surface area contributed by atoms with Gasteiger partial charge in [0.05, 0.1) is 67.2 Å². The molecule has 0 saturated carbocycles. The quantitative estimate of drug-likeness (QED) is 0.118. The van der Waals surface area contributed by atoms with Gasteiger partial charge in [0.25, 0.3) is 0 Å². The molecule has 2 aliphatic rings. The zero-order valence-electron chi connectivity index (χ0n) is 30.8. The summed E-state index contributed by atoms with van der Waals surface area (Å²) in [5.41, 5.74) is 8.21. The number of rotatable bonds is 14. The lowest BCUT2D eigenvalue weighted by Crippen LogP contribution is -2.37. The van der Waals surface area contributed by atoms with E-state index in [0.29, 0.717) is 6.42 Å². The molecule has 2 aromatic carbocycles. The van der Waals surface area contributed by atoms with Crippen LogP contribution in [0.4, 0.5) is 11.4 Å². The van der Waals surface area contributed by atoms with Crippen LogP contribution in [-0.2, 0) is 15.6 Å². The molecule has 1 N–H and O–H groups in total. The third-order valence-electron chi connectivity index (χ3n) is 9.67. The number of quaternary nitrogens is 2. The number of carbonyl (C=O) groups is 1. The van der Waals surface area contributed by atoms with Crippen molar-refractivity contribution in [3.63, 3.8) is 0 Å². The number of aliphatic carboxylic acids is 1. The first-order valence-corrected chi connectivity index (χ1v) is 18.7. The number of hydrogen-bond donors (Lipinski definition) is 1. The third-order valence-corrected chi connectivity index (χ3v) is 10.7. The van der Waals surface area contributed by atoms with E-state index in [1.807, 2.05) is 0 Å². The average Bonchev–Trinajstić information content (AvgIpc) is 3.29. The van der Waals surface area contributed by atoms with Gasteiger partial charge in [0.2, 0.25) is 5.69 Å². The van der Waals surface area contributed by atoms with E-state index in [0.717, 1.165) is 62.5 Å². The van der Waals surface area contributed by atoms with Gasteiger partial charge in [0, 0.05) is 62.8 Å². The maximum atomic E-state index is 11.8. The van der Waals surface area contributed by atoms with Gasteiger partial charge in [-0.1, -0.05) is 57.9 Å². The highest BCUT2D eigenvalue weighted by molar-refractivity contribution is 9.10. The minimum absolute atomic E-state index is 0.0856. The maximum absolute atomic E-state index is 11.8. The summed E-state index contributed by atoms with van der Waals surface area (Å²) in [7, 11) is 13.4. The van der Waals surface area contributed by atoms with Gasteiger partial charge in [0.15, 0.2) is 12.3 Å². The van der Waals surface area contributed by atoms with Gasteiger partial charge in [-0.05, 0) is 67.8 Å². The summed E-state index contributed by atoms with van der Waals surface area (Å²) in [6.07, 6.45) is 11.5. The molecule has 0 bridgehead atoms. The zero-order chi connectivity index (χ0) is 35.7. The second-order valence-electron chi connectivity index (χ2n) is 16.5. The van der Waals surface area contributed by atoms with Crippen molar-refractivity contribution in [3.8, 4) is 0 Å². The molecule has 0 unspecified atom stereocenters. The SMILES string of the molecule is CC1(C)C(/C=C/C(=C/C=C2/N(CCC[N+](C)(C)C)c3ccc(Br)cc3C2(C)C)CCC(=O)O)=[N+](CCC[N+](C)(C)C)c2ccc(Br)cc21. The predicted octanol–water partition coefficient (Wildman–Crippen LogP) is 8.81. The van der Waals surface area contributed by atoms with Crippen LogP contribution >= 0.6 is 31.9 Å². The van der Waals surface area contributed by atoms with Crippen molar-refractivity contribution in [1.29, 1.82) is 0 Å². The van der Waals surface area contributed by atoms with Gasteiger partial charge >= 0.3 is 5.97 Å². The molecule has 0 aliphatic carbocycles. The van der Waals surface area contributed by atoms with Crippen LogP contribution in [0.2, 0.25) is 0 Å². The molecule has 0 radical (unpaired) electrons. The first-order valence-electron chi connectivity index (χ1n) is 17.2. The molecule has 0 spiro atoms. The molecular formula is C40H57Br2N4O2+3. The lowest BCUT2D eigenvalue weighted by Gasteiger charge is -2.29. The van der Waals surface area contributed by atoms with Crippen molar-refractivity contribution in [2.24, 2.45) is 0 Å². The smallest absolute Gasteiger partial charge is 0.303 e. The Morgan fingerprint density at radius 3 is 2.08 bits per heavy atom. The van der Waals surface area contributed by atoms with Crippen molar-refractivity contribution in [2.75, 3.05) is 73.4 Å². The van der Waals surface area contributed by atoms with Gasteiger partial charge in [0.1, 0.15) is 0 Å². The van der Waals surface area contributed by atoms with E-state index in [4.69, 9.17) is 0 Å². The number of halogens is 2. The Morgan fingerprint density at radius 2 is 1.46 bits per heavy atom. The summed E-state index contributed by atoms with van der Waals surface area (Å²) < 4.78 is 6.49. The van der Waals surface area contributed by atoms with Crippen LogP contribution < -0.4 is 4.90 Å². The normalized spacial score (nSPS) is 18.3. The van der Waals surface area contributed by atoms with Crippen molar-refractivity contribution < 1.29 is 23.4 Å². The highest BCUT2D eigenvalue weighted by Gasteiger charge is 2.44. The van der Waals surface area contributed by atoms with Crippen LogP contribution in [0.3, 0.4) is 0 Å². The van der Waals surface area contributed by atoms with Gasteiger partial charge < -0.3 is 19.0 Å². The molecule has 260 valence electrons. The molecule has 2 heterocycles. The lowest BCUT2D eigenvalue weighted by molar-refractivity contribution is -0.871. The molecular weight excluding hydrogens is 728 g/mol. The van der Waals surface area contributed by atoms with E-state index in [9.17, 15) is 9.90 Å². The topological polar surface area (TPSA) is 43.6 Å². The van der Waals surface area contributed by atoms with Crippen LogP contribution in [0.25, 0.3) is 0 Å². The predicted molar refractivity (Wildman–Crippen MR) is 209 cm³/mol. The first-order chi connectivity index (χ1) is 22.2. The molecule has 4 rings (SSSR count). The number of carboxylic acids is 1. The van der Waals surface area contributed by atoms with Crippen LogP contribution in [0.1, 0.15) is 64.5 Å². The van der Waals surface area contributed by atoms with Crippen molar-refractivity contribution in [2.45, 2.75) is 64.2 Å². The number of hydrogen-bond acceptors (Lipinski definition) is 2. The molecule has 0 aromatic heterocycles. The summed E-state index contributed by atoms with van der Waals surface area (Å²) >= 11 is 7.42. The van der Waals surface area contributed by atoms with Gasteiger partial charge in [-0.2, -0.15) is 4.58 Å². The molecule has 8 heteroatoms. The minimum Gasteiger partial charge on any atom is -0.481 e. The molecule has 2 aliphatic heterocycles. The molecule has 0 atom stereocenters. The van der Waals surface area contributed by atoms with Crippen molar-refractivity contribution in [1.82, 2.24) is 0 Å². The van der Waals surface area contributed by atoms with E-state index in [1.165, 1.54) is 33.9 Å². The van der Waals surface area contributed by atoms with Gasteiger partial charge in [-0.15, -0.1) is 0 Å². The highest BCUT2D eigenvalue weighted by Crippen LogP contribution is 2.49. The van der Waals surface area contributed by atoms with Crippen LogP contribution in [0, 0.1) is 0 Å². The standard InChI is InChI=1S/C40H56Br2N4O2/c1-39(2)32-27-30(41)16-18-34(32)43(23-11-25-45(5,6)7)36(39)20-13-29(15-22-38(47)48)14-21-37-40(3,4)33-28-31(42)17-19-35(33)44(37)24-12-26-46(8,9)10/h13-14,16-21,27-28H,11-12,15,22-26H2,1-10H3/q+2/p+1. The zero-order valence-corrected chi connectivity index (χ0v) is 34.0. The Kier molecular flexibility index (Phi) is 11.8. The Balaban J connectivity index is 1.77. The molecule has 0 fully saturated rings. The lowest BCUT2D eigenvalue weighted by atomic mass is 9.81. The van der Waals surface area contributed by atoms with E-state index < -0.39 is 5.97 Å². The molecule has 0 amide bonds. The van der Waals surface area contributed by atoms with Crippen LogP contribution in [0.5, 0.6) is 0 Å². The Labute approximate surface area is 306 Å². The number of fused-ring (bicyclic) bond motifs is 2. The Morgan fingerprint density at radius 1 is 0.854 bits per heavy atom. The van der Waals surface area contributed by atoms with Crippen molar-refractivity contribution in [3.05, 3.63) is 92.0 Å². The molecule has 6 nitrogen and oxygen atoms in total. The van der Waals surface area contributed by atoms with Gasteiger partial charge in [-0.3, -0.25) is 4.79 Å². The fourth-order valence-electron chi connectivity index (χ4n) is 7.03. The van der Waals surface area contributed by atoms with E-state index >= 15 is 0 Å².